The maximum absolute atomic E-state index is 13.3. The number of amides is 1. The van der Waals surface area contributed by atoms with Crippen molar-refractivity contribution in [2.45, 2.75) is 25.0 Å². The molecule has 0 N–H and O–H groups in total. The first-order valence-electron chi connectivity index (χ1n) is 9.77. The highest BCUT2D eigenvalue weighted by Gasteiger charge is 2.43. The van der Waals surface area contributed by atoms with Crippen LogP contribution in [-0.4, -0.2) is 35.0 Å². The quantitative estimate of drug-likeness (QED) is 0.486. The Kier molecular flexibility index (Phi) is 4.36. The monoisotopic (exact) mass is 406 g/mol. The van der Waals surface area contributed by atoms with E-state index in [0.29, 0.717) is 29.7 Å². The number of hydrogen-bond acceptors (Lipinski definition) is 6. The molecule has 8 heteroatoms. The van der Waals surface area contributed by atoms with Crippen molar-refractivity contribution >= 4 is 22.6 Å². The number of fused-ring (bicyclic) bond motifs is 2. The lowest BCUT2D eigenvalue weighted by Gasteiger charge is -2.27. The second-order valence-corrected chi connectivity index (χ2v) is 7.51. The van der Waals surface area contributed by atoms with Crippen LogP contribution in [0.3, 0.4) is 0 Å². The number of nitro benzene ring substituents is 1. The summed E-state index contributed by atoms with van der Waals surface area (Å²) in [6, 6.07) is 12.1. The number of non-ortho nitro benzene ring substituents is 1. The van der Waals surface area contributed by atoms with Gasteiger partial charge in [-0.2, -0.15) is 0 Å². The molecule has 0 spiro atoms. The van der Waals surface area contributed by atoms with Crippen molar-refractivity contribution < 1.29 is 18.9 Å². The van der Waals surface area contributed by atoms with Crippen molar-refractivity contribution in [1.82, 2.24) is 4.90 Å². The summed E-state index contributed by atoms with van der Waals surface area (Å²) in [6.45, 7) is 0.962. The predicted octanol–water partition coefficient (Wildman–Crippen LogP) is 3.43. The van der Waals surface area contributed by atoms with Crippen molar-refractivity contribution in [2.24, 2.45) is 0 Å². The average molecular weight is 406 g/mol. The zero-order valence-corrected chi connectivity index (χ0v) is 15.9. The Morgan fingerprint density at radius 2 is 1.87 bits per heavy atom. The molecule has 0 aliphatic carbocycles. The van der Waals surface area contributed by atoms with E-state index in [4.69, 9.17) is 9.15 Å². The van der Waals surface area contributed by atoms with Crippen LogP contribution in [0.25, 0.3) is 11.0 Å². The molecule has 152 valence electrons. The molecule has 5 rings (SSSR count). The van der Waals surface area contributed by atoms with Gasteiger partial charge in [0.1, 0.15) is 5.58 Å². The maximum atomic E-state index is 13.3. The number of ether oxygens (including phenoxy) is 1. The summed E-state index contributed by atoms with van der Waals surface area (Å²) in [7, 11) is 0. The number of carbonyl (C=O) groups excluding carboxylic acids is 1. The minimum absolute atomic E-state index is 0.0278. The highest BCUT2D eigenvalue weighted by molar-refractivity contribution is 5.99. The number of nitro groups is 1. The lowest BCUT2D eigenvalue weighted by molar-refractivity contribution is -0.384. The minimum atomic E-state index is -0.682. The molecule has 3 heterocycles. The molecule has 8 nitrogen and oxygen atoms in total. The zero-order chi connectivity index (χ0) is 20.8. The van der Waals surface area contributed by atoms with E-state index in [2.05, 4.69) is 0 Å². The lowest BCUT2D eigenvalue weighted by atomic mass is 9.98. The van der Waals surface area contributed by atoms with E-state index in [1.807, 2.05) is 0 Å². The van der Waals surface area contributed by atoms with Gasteiger partial charge in [0.05, 0.1) is 28.0 Å². The Balaban J connectivity index is 1.67. The Labute approximate surface area is 170 Å². The molecule has 2 atom stereocenters. The number of rotatable bonds is 4. The Bertz CT molecular complexity index is 1210. The number of benzene rings is 2. The first-order chi connectivity index (χ1) is 14.5. The number of carbonyl (C=O) groups is 1. The van der Waals surface area contributed by atoms with Gasteiger partial charge in [-0.25, -0.2) is 0 Å². The van der Waals surface area contributed by atoms with Gasteiger partial charge in [-0.15, -0.1) is 0 Å². The fourth-order valence-electron chi connectivity index (χ4n) is 4.29. The van der Waals surface area contributed by atoms with Crippen LogP contribution in [0.2, 0.25) is 0 Å². The van der Waals surface area contributed by atoms with Crippen LogP contribution >= 0.6 is 0 Å². The van der Waals surface area contributed by atoms with Crippen molar-refractivity contribution in [2.75, 3.05) is 13.2 Å². The number of hydrogen-bond donors (Lipinski definition) is 0. The van der Waals surface area contributed by atoms with E-state index in [0.717, 1.165) is 12.8 Å². The molecular formula is C22H18N2O6. The second kappa shape index (κ2) is 7.07. The van der Waals surface area contributed by atoms with Crippen LogP contribution in [0.15, 0.2) is 57.7 Å². The first kappa shape index (κ1) is 18.5. The minimum Gasteiger partial charge on any atom is -0.450 e. The molecule has 2 aromatic carbocycles. The molecule has 30 heavy (non-hydrogen) atoms. The molecule has 0 unspecified atom stereocenters. The van der Waals surface area contributed by atoms with Crippen LogP contribution in [0.4, 0.5) is 5.69 Å². The third-order valence-electron chi connectivity index (χ3n) is 5.72. The van der Waals surface area contributed by atoms with Gasteiger partial charge in [0.2, 0.25) is 5.76 Å². The predicted molar refractivity (Wildman–Crippen MR) is 107 cm³/mol. The fourth-order valence-corrected chi connectivity index (χ4v) is 4.29. The molecular weight excluding hydrogens is 388 g/mol. The van der Waals surface area contributed by atoms with Crippen LogP contribution in [-0.2, 0) is 4.74 Å². The van der Waals surface area contributed by atoms with E-state index in [1.54, 1.807) is 41.3 Å². The summed E-state index contributed by atoms with van der Waals surface area (Å²) in [5, 5.41) is 11.4. The van der Waals surface area contributed by atoms with Gasteiger partial charge in [-0.1, -0.05) is 12.1 Å². The molecule has 1 amide bonds. The molecule has 1 fully saturated rings. The summed E-state index contributed by atoms with van der Waals surface area (Å²) in [6.07, 6.45) is 1.63. The second-order valence-electron chi connectivity index (χ2n) is 7.51. The smallest absolute Gasteiger partial charge is 0.291 e. The Hall–Kier alpha value is -3.52. The normalized spacial score (nSPS) is 20.7. The highest BCUT2D eigenvalue weighted by atomic mass is 16.6. The van der Waals surface area contributed by atoms with Crippen LogP contribution in [0.5, 0.6) is 0 Å². The summed E-state index contributed by atoms with van der Waals surface area (Å²) in [5.74, 6) is -0.341. The molecule has 1 saturated heterocycles. The first-order valence-corrected chi connectivity index (χ1v) is 9.77. The number of nitrogens with zero attached hydrogens (tertiary/aromatic N) is 2. The maximum Gasteiger partial charge on any atom is 0.291 e. The Morgan fingerprint density at radius 3 is 2.57 bits per heavy atom. The van der Waals surface area contributed by atoms with Gasteiger partial charge < -0.3 is 14.1 Å². The van der Waals surface area contributed by atoms with Gasteiger partial charge in [0.25, 0.3) is 11.6 Å². The molecule has 2 aliphatic rings. The molecule has 0 radical (unpaired) electrons. The summed E-state index contributed by atoms with van der Waals surface area (Å²) < 4.78 is 11.6. The fraction of sp³-hybridized carbons (Fsp3) is 0.273. The van der Waals surface area contributed by atoms with Crippen molar-refractivity contribution in [1.29, 1.82) is 0 Å². The van der Waals surface area contributed by atoms with E-state index < -0.39 is 11.0 Å². The van der Waals surface area contributed by atoms with Crippen LogP contribution in [0, 0.1) is 10.1 Å². The molecule has 0 saturated carbocycles. The molecule has 1 aromatic heterocycles. The summed E-state index contributed by atoms with van der Waals surface area (Å²) >= 11 is 0. The SMILES string of the molecule is O=C1c2oc3ccccc3c(=O)c2[C@@H](c2ccc([N+](=O)[O-])cc2)N1C[C@H]1CCCO1. The van der Waals surface area contributed by atoms with E-state index >= 15 is 0 Å². The Morgan fingerprint density at radius 1 is 1.10 bits per heavy atom. The van der Waals surface area contributed by atoms with Crippen molar-refractivity contribution in [3.63, 3.8) is 0 Å². The molecule has 0 bridgehead atoms. The average Bonchev–Trinajstić information content (AvgIpc) is 3.36. The highest BCUT2D eigenvalue weighted by Crippen LogP contribution is 2.39. The van der Waals surface area contributed by atoms with E-state index in [1.165, 1.54) is 12.1 Å². The molecule has 3 aromatic rings. The topological polar surface area (TPSA) is 103 Å². The van der Waals surface area contributed by atoms with Gasteiger partial charge >= 0.3 is 0 Å². The third kappa shape index (κ3) is 2.88. The third-order valence-corrected chi connectivity index (χ3v) is 5.72. The largest absolute Gasteiger partial charge is 0.450 e. The van der Waals surface area contributed by atoms with Crippen molar-refractivity contribution in [3.8, 4) is 0 Å². The van der Waals surface area contributed by atoms with E-state index in [-0.39, 0.29) is 34.5 Å². The lowest BCUT2D eigenvalue weighted by Crippen LogP contribution is -2.36. The van der Waals surface area contributed by atoms with Gasteiger partial charge in [-0.3, -0.25) is 19.7 Å². The van der Waals surface area contributed by atoms with Gasteiger partial charge in [-0.05, 0) is 42.7 Å². The van der Waals surface area contributed by atoms with E-state index in [9.17, 15) is 19.7 Å². The standard InChI is InChI=1S/C22H18N2O6/c25-20-16-5-1-2-6-17(16)30-21-18(20)19(13-7-9-14(10-8-13)24(27)28)23(22(21)26)12-15-4-3-11-29-15/h1-2,5-10,15,19H,3-4,11-12H2/t15-,19-/m1/s1. The van der Waals surface area contributed by atoms with Crippen LogP contribution < -0.4 is 5.43 Å². The zero-order valence-electron chi connectivity index (χ0n) is 15.9. The molecule has 2 aliphatic heterocycles. The number of para-hydroxylation sites is 1. The van der Waals surface area contributed by atoms with Crippen molar-refractivity contribution in [3.05, 3.63) is 85.8 Å². The summed E-state index contributed by atoms with van der Waals surface area (Å²) in [5.41, 5.74) is 0.924. The van der Waals surface area contributed by atoms with Gasteiger partial charge in [0, 0.05) is 25.3 Å². The van der Waals surface area contributed by atoms with Gasteiger partial charge in [0.15, 0.2) is 5.43 Å². The summed E-state index contributed by atoms with van der Waals surface area (Å²) in [4.78, 5) is 38.7. The van der Waals surface area contributed by atoms with Crippen LogP contribution in [0.1, 0.15) is 40.6 Å².